The van der Waals surface area contributed by atoms with Gasteiger partial charge in [0, 0.05) is 44.0 Å². The maximum atomic E-state index is 12.8. The molecule has 1 saturated heterocycles. The van der Waals surface area contributed by atoms with E-state index in [0.29, 0.717) is 32.8 Å². The van der Waals surface area contributed by atoms with Crippen LogP contribution < -0.4 is 5.32 Å². The van der Waals surface area contributed by atoms with E-state index in [1.165, 1.54) is 5.56 Å². The van der Waals surface area contributed by atoms with Crippen LogP contribution in [0.1, 0.15) is 29.8 Å². The lowest BCUT2D eigenvalue weighted by atomic mass is 10.0. The van der Waals surface area contributed by atoms with Gasteiger partial charge < -0.3 is 15.0 Å². The molecule has 0 saturated carbocycles. The first-order chi connectivity index (χ1) is 11.6. The minimum Gasteiger partial charge on any atom is -0.450 e. The third-order valence-electron chi connectivity index (χ3n) is 4.87. The molecule has 0 aromatic heterocycles. The number of benzene rings is 1. The molecule has 1 N–H and O–H groups in total. The van der Waals surface area contributed by atoms with Gasteiger partial charge in [-0.05, 0) is 44.0 Å². The van der Waals surface area contributed by atoms with Crippen molar-refractivity contribution in [2.24, 2.45) is 0 Å². The average Bonchev–Trinajstić information content (AvgIpc) is 3.08. The number of anilines is 1. The molecule has 3 rings (SSSR count). The van der Waals surface area contributed by atoms with Crippen molar-refractivity contribution in [1.29, 1.82) is 0 Å². The Morgan fingerprint density at radius 2 is 2.00 bits per heavy atom. The van der Waals surface area contributed by atoms with E-state index in [4.69, 9.17) is 4.74 Å². The number of ketones is 1. The van der Waals surface area contributed by atoms with Crippen LogP contribution in [0.15, 0.2) is 18.2 Å². The molecule has 1 fully saturated rings. The first-order valence-corrected chi connectivity index (χ1v) is 8.67. The van der Waals surface area contributed by atoms with Gasteiger partial charge in [-0.15, -0.1) is 0 Å². The smallest absolute Gasteiger partial charge is 0.409 e. The highest BCUT2D eigenvalue weighted by molar-refractivity contribution is 6.00. The molecule has 24 heavy (non-hydrogen) atoms. The maximum Gasteiger partial charge on any atom is 0.409 e. The summed E-state index contributed by atoms with van der Waals surface area (Å²) in [4.78, 5) is 28.4. The van der Waals surface area contributed by atoms with Crippen molar-refractivity contribution in [2.45, 2.75) is 26.3 Å². The van der Waals surface area contributed by atoms with E-state index in [1.54, 1.807) is 11.8 Å². The average molecular weight is 331 g/mol. The number of fused-ring (bicyclic) bond motifs is 1. The van der Waals surface area contributed by atoms with E-state index >= 15 is 0 Å². The molecule has 1 atom stereocenters. The van der Waals surface area contributed by atoms with Crippen LogP contribution in [0.2, 0.25) is 0 Å². The maximum absolute atomic E-state index is 12.8. The number of carbonyl (C=O) groups is 2. The van der Waals surface area contributed by atoms with Crippen molar-refractivity contribution >= 4 is 17.6 Å². The number of hydrogen-bond donors (Lipinski definition) is 1. The molecule has 1 unspecified atom stereocenters. The van der Waals surface area contributed by atoms with Crippen LogP contribution in [0.25, 0.3) is 0 Å². The van der Waals surface area contributed by atoms with E-state index < -0.39 is 0 Å². The molecule has 1 aromatic rings. The first-order valence-electron chi connectivity index (χ1n) is 8.67. The normalized spacial score (nSPS) is 18.7. The Bertz CT molecular complexity index is 624. The SMILES string of the molecule is CCOC(=O)N1CCN(C(C)C(=O)c2ccc3c(c2)CCN3)CC1. The summed E-state index contributed by atoms with van der Waals surface area (Å²) in [6.45, 7) is 7.68. The number of carbonyl (C=O) groups excluding carboxylic acids is 2. The predicted molar refractivity (Wildman–Crippen MR) is 92.6 cm³/mol. The van der Waals surface area contributed by atoms with E-state index in [2.05, 4.69) is 10.2 Å². The summed E-state index contributed by atoms with van der Waals surface area (Å²) in [5.74, 6) is 0.147. The van der Waals surface area contributed by atoms with Crippen LogP contribution in [-0.2, 0) is 11.2 Å². The van der Waals surface area contributed by atoms with Gasteiger partial charge in [-0.1, -0.05) is 0 Å². The van der Waals surface area contributed by atoms with Crippen molar-refractivity contribution in [2.75, 3.05) is 44.6 Å². The highest BCUT2D eigenvalue weighted by atomic mass is 16.6. The molecule has 6 heteroatoms. The Morgan fingerprint density at radius 1 is 1.25 bits per heavy atom. The van der Waals surface area contributed by atoms with Gasteiger partial charge in [-0.25, -0.2) is 4.79 Å². The van der Waals surface area contributed by atoms with Gasteiger partial charge in [-0.3, -0.25) is 9.69 Å². The van der Waals surface area contributed by atoms with Gasteiger partial charge in [0.1, 0.15) is 0 Å². The third kappa shape index (κ3) is 3.38. The van der Waals surface area contributed by atoms with Gasteiger partial charge in [0.2, 0.25) is 0 Å². The van der Waals surface area contributed by atoms with Crippen LogP contribution in [0.4, 0.5) is 10.5 Å². The summed E-state index contributed by atoms with van der Waals surface area (Å²) in [7, 11) is 0. The largest absolute Gasteiger partial charge is 0.450 e. The van der Waals surface area contributed by atoms with Crippen molar-refractivity contribution in [3.8, 4) is 0 Å². The van der Waals surface area contributed by atoms with Crippen LogP contribution in [0.5, 0.6) is 0 Å². The van der Waals surface area contributed by atoms with Gasteiger partial charge in [-0.2, -0.15) is 0 Å². The number of rotatable bonds is 4. The second-order valence-electron chi connectivity index (χ2n) is 6.31. The lowest BCUT2D eigenvalue weighted by Gasteiger charge is -2.36. The quantitative estimate of drug-likeness (QED) is 0.855. The molecule has 1 aromatic carbocycles. The first kappa shape index (κ1) is 16.8. The predicted octanol–water partition coefficient (Wildman–Crippen LogP) is 2.00. The summed E-state index contributed by atoms with van der Waals surface area (Å²) >= 11 is 0. The van der Waals surface area contributed by atoms with Crippen LogP contribution >= 0.6 is 0 Å². The summed E-state index contributed by atoms with van der Waals surface area (Å²) in [5, 5.41) is 3.31. The molecule has 0 radical (unpaired) electrons. The highest BCUT2D eigenvalue weighted by Crippen LogP contribution is 2.24. The number of nitrogens with zero attached hydrogens (tertiary/aromatic N) is 2. The van der Waals surface area contributed by atoms with Crippen molar-refractivity contribution in [3.05, 3.63) is 29.3 Å². The highest BCUT2D eigenvalue weighted by Gasteiger charge is 2.28. The molecule has 6 nitrogen and oxygen atoms in total. The standard InChI is InChI=1S/C18H25N3O3/c1-3-24-18(23)21-10-8-20(9-11-21)13(2)17(22)15-4-5-16-14(12-15)6-7-19-16/h4-5,12-13,19H,3,6-11H2,1-2H3. The summed E-state index contributed by atoms with van der Waals surface area (Å²) in [6.07, 6.45) is 0.713. The monoisotopic (exact) mass is 331 g/mol. The molecule has 130 valence electrons. The second-order valence-corrected chi connectivity index (χ2v) is 6.31. The molecule has 2 aliphatic rings. The number of Topliss-reactive ketones (excluding diaryl/α,β-unsaturated/α-hetero) is 1. The molecule has 1 amide bonds. The van der Waals surface area contributed by atoms with E-state index in [9.17, 15) is 9.59 Å². The van der Waals surface area contributed by atoms with Crippen molar-refractivity contribution in [3.63, 3.8) is 0 Å². The van der Waals surface area contributed by atoms with Crippen LogP contribution in [0, 0.1) is 0 Å². The van der Waals surface area contributed by atoms with Gasteiger partial charge in [0.15, 0.2) is 5.78 Å². The van der Waals surface area contributed by atoms with E-state index in [1.807, 2.05) is 25.1 Å². The zero-order valence-corrected chi connectivity index (χ0v) is 14.4. The number of piperazine rings is 1. The fourth-order valence-electron chi connectivity index (χ4n) is 3.37. The minimum atomic E-state index is -0.262. The fourth-order valence-corrected chi connectivity index (χ4v) is 3.37. The number of amides is 1. The Kier molecular flexibility index (Phi) is 5.04. The van der Waals surface area contributed by atoms with E-state index in [0.717, 1.165) is 24.2 Å². The molecule has 2 heterocycles. The Morgan fingerprint density at radius 3 is 2.71 bits per heavy atom. The molecule has 0 spiro atoms. The second kappa shape index (κ2) is 7.21. The number of ether oxygens (including phenoxy) is 1. The number of hydrogen-bond acceptors (Lipinski definition) is 5. The van der Waals surface area contributed by atoms with Crippen molar-refractivity contribution < 1.29 is 14.3 Å². The van der Waals surface area contributed by atoms with Crippen LogP contribution in [-0.4, -0.2) is 67.0 Å². The van der Waals surface area contributed by atoms with Gasteiger partial charge >= 0.3 is 6.09 Å². The molecule has 0 aliphatic carbocycles. The fraction of sp³-hybridized carbons (Fsp3) is 0.556. The van der Waals surface area contributed by atoms with Gasteiger partial charge in [0.25, 0.3) is 0 Å². The summed E-state index contributed by atoms with van der Waals surface area (Å²) < 4.78 is 5.03. The lowest BCUT2D eigenvalue weighted by Crippen LogP contribution is -2.53. The Hall–Kier alpha value is -2.08. The zero-order valence-electron chi connectivity index (χ0n) is 14.4. The molecular formula is C18H25N3O3. The molecular weight excluding hydrogens is 306 g/mol. The van der Waals surface area contributed by atoms with Gasteiger partial charge in [0.05, 0.1) is 12.6 Å². The zero-order chi connectivity index (χ0) is 17.1. The third-order valence-corrected chi connectivity index (χ3v) is 4.87. The Labute approximate surface area is 142 Å². The molecule has 2 aliphatic heterocycles. The molecule has 0 bridgehead atoms. The van der Waals surface area contributed by atoms with Crippen LogP contribution in [0.3, 0.4) is 0 Å². The Balaban J connectivity index is 1.60. The minimum absolute atomic E-state index is 0.147. The van der Waals surface area contributed by atoms with Crippen molar-refractivity contribution in [1.82, 2.24) is 9.80 Å². The summed E-state index contributed by atoms with van der Waals surface area (Å²) in [5.41, 5.74) is 3.14. The topological polar surface area (TPSA) is 61.9 Å². The summed E-state index contributed by atoms with van der Waals surface area (Å²) in [6, 6.07) is 5.75. The lowest BCUT2D eigenvalue weighted by molar-refractivity contribution is 0.0604. The number of nitrogens with one attached hydrogen (secondary N) is 1. The van der Waals surface area contributed by atoms with E-state index in [-0.39, 0.29) is 17.9 Å².